The van der Waals surface area contributed by atoms with Crippen molar-refractivity contribution in [3.05, 3.63) is 54.1 Å². The summed E-state index contributed by atoms with van der Waals surface area (Å²) in [5.74, 6) is 0.0165. The largest absolute Gasteiger partial charge is 0.335 e. The van der Waals surface area contributed by atoms with Crippen molar-refractivity contribution in [2.45, 2.75) is 26.8 Å². The molecule has 2 rings (SSSR count). The number of rotatable bonds is 4. The maximum atomic E-state index is 12.0. The summed E-state index contributed by atoms with van der Waals surface area (Å²) in [6.45, 7) is 5.86. The molecule has 0 bridgehead atoms. The van der Waals surface area contributed by atoms with Crippen LogP contribution in [0.4, 0.5) is 0 Å². The maximum absolute atomic E-state index is 12.0. The van der Waals surface area contributed by atoms with E-state index in [0.717, 1.165) is 16.8 Å². The van der Waals surface area contributed by atoms with Crippen LogP contribution in [0.5, 0.6) is 0 Å². The number of allylic oxidation sites excluding steroid dienone is 1. The lowest BCUT2D eigenvalue weighted by Gasteiger charge is -2.24. The van der Waals surface area contributed by atoms with Crippen LogP contribution in [0.2, 0.25) is 0 Å². The quantitative estimate of drug-likeness (QED) is 0.811. The summed E-state index contributed by atoms with van der Waals surface area (Å²) < 4.78 is 1.70. The molecule has 110 valence electrons. The molecule has 0 saturated carbocycles. The maximum Gasteiger partial charge on any atom is 0.246 e. The molecule has 5 heteroatoms. The van der Waals surface area contributed by atoms with Gasteiger partial charge in [-0.3, -0.25) is 4.79 Å². The molecular formula is C16H20N4O. The van der Waals surface area contributed by atoms with E-state index in [9.17, 15) is 4.79 Å². The van der Waals surface area contributed by atoms with Gasteiger partial charge < -0.3 is 4.90 Å². The first kappa shape index (κ1) is 15.0. The fourth-order valence-corrected chi connectivity index (χ4v) is 2.01. The van der Waals surface area contributed by atoms with E-state index in [0.29, 0.717) is 0 Å². The second kappa shape index (κ2) is 6.35. The topological polar surface area (TPSA) is 51.0 Å². The predicted octanol–water partition coefficient (Wildman–Crippen LogP) is 2.75. The third-order valence-corrected chi connectivity index (χ3v) is 3.40. The van der Waals surface area contributed by atoms with Crippen LogP contribution in [0.15, 0.2) is 48.6 Å². The van der Waals surface area contributed by atoms with Crippen molar-refractivity contribution in [3.8, 4) is 5.69 Å². The van der Waals surface area contributed by atoms with Gasteiger partial charge in [0, 0.05) is 13.1 Å². The average molecular weight is 284 g/mol. The Morgan fingerprint density at radius 3 is 2.48 bits per heavy atom. The molecule has 0 aliphatic heterocycles. The third-order valence-electron chi connectivity index (χ3n) is 3.40. The van der Waals surface area contributed by atoms with Gasteiger partial charge in [-0.15, -0.1) is 0 Å². The number of likely N-dealkylation sites (N-methyl/N-ethyl adjacent to an activating group) is 1. The molecule has 0 spiro atoms. The van der Waals surface area contributed by atoms with Crippen molar-refractivity contribution in [1.82, 2.24) is 19.7 Å². The van der Waals surface area contributed by atoms with Crippen LogP contribution >= 0.6 is 0 Å². The molecule has 1 aromatic carbocycles. The van der Waals surface area contributed by atoms with Crippen LogP contribution in [0.25, 0.3) is 5.69 Å². The van der Waals surface area contributed by atoms with E-state index in [2.05, 4.69) is 10.1 Å². The Hall–Kier alpha value is -2.43. The Kier molecular flexibility index (Phi) is 4.52. The summed E-state index contributed by atoms with van der Waals surface area (Å²) in [4.78, 5) is 17.7. The number of nitrogens with zero attached hydrogens (tertiary/aromatic N) is 4. The molecule has 1 atom stereocenters. The zero-order valence-corrected chi connectivity index (χ0v) is 12.8. The Morgan fingerprint density at radius 2 is 1.95 bits per heavy atom. The minimum Gasteiger partial charge on any atom is -0.335 e. The van der Waals surface area contributed by atoms with Crippen LogP contribution < -0.4 is 0 Å². The number of benzene rings is 1. The fourth-order valence-electron chi connectivity index (χ4n) is 2.01. The highest BCUT2D eigenvalue weighted by Crippen LogP contribution is 2.20. The van der Waals surface area contributed by atoms with E-state index in [-0.39, 0.29) is 11.9 Å². The van der Waals surface area contributed by atoms with Crippen LogP contribution in [0, 0.1) is 0 Å². The van der Waals surface area contributed by atoms with Crippen molar-refractivity contribution < 1.29 is 4.79 Å². The first-order valence-corrected chi connectivity index (χ1v) is 6.85. The Labute approximate surface area is 124 Å². The summed E-state index contributed by atoms with van der Waals surface area (Å²) in [6.07, 6.45) is 4.81. The summed E-state index contributed by atoms with van der Waals surface area (Å²) in [5, 5.41) is 4.09. The zero-order valence-electron chi connectivity index (χ0n) is 12.8. The molecule has 1 amide bonds. The Balaban J connectivity index is 2.14. The van der Waals surface area contributed by atoms with Crippen LogP contribution in [-0.2, 0) is 4.79 Å². The normalized spacial score (nSPS) is 11.8. The summed E-state index contributed by atoms with van der Waals surface area (Å²) in [6, 6.07) is 7.97. The average Bonchev–Trinajstić information content (AvgIpc) is 2.99. The Morgan fingerprint density at radius 1 is 1.29 bits per heavy atom. The minimum absolute atomic E-state index is 0.0119. The molecular weight excluding hydrogens is 264 g/mol. The molecule has 5 nitrogen and oxygen atoms in total. The zero-order chi connectivity index (χ0) is 15.4. The number of hydrogen-bond donors (Lipinski definition) is 0. The van der Waals surface area contributed by atoms with E-state index >= 15 is 0 Å². The van der Waals surface area contributed by atoms with Crippen molar-refractivity contribution in [3.63, 3.8) is 0 Å². The van der Waals surface area contributed by atoms with Gasteiger partial charge in [-0.2, -0.15) is 5.10 Å². The lowest BCUT2D eigenvalue weighted by atomic mass is 10.1. The molecule has 0 aliphatic carbocycles. The molecule has 0 saturated heterocycles. The van der Waals surface area contributed by atoms with Gasteiger partial charge in [0.25, 0.3) is 0 Å². The second-order valence-corrected chi connectivity index (χ2v) is 5.28. The van der Waals surface area contributed by atoms with E-state index in [1.54, 1.807) is 22.0 Å². The van der Waals surface area contributed by atoms with Crippen molar-refractivity contribution >= 4 is 5.91 Å². The van der Waals surface area contributed by atoms with E-state index in [1.807, 2.05) is 52.1 Å². The van der Waals surface area contributed by atoms with Gasteiger partial charge in [0.05, 0.1) is 11.7 Å². The van der Waals surface area contributed by atoms with Crippen LogP contribution in [-0.4, -0.2) is 32.6 Å². The lowest BCUT2D eigenvalue weighted by molar-refractivity contribution is -0.126. The first-order chi connectivity index (χ1) is 9.99. The fraction of sp³-hybridized carbons (Fsp3) is 0.312. The monoisotopic (exact) mass is 284 g/mol. The van der Waals surface area contributed by atoms with Crippen LogP contribution in [0.3, 0.4) is 0 Å². The van der Waals surface area contributed by atoms with Gasteiger partial charge in [-0.1, -0.05) is 17.7 Å². The predicted molar refractivity (Wildman–Crippen MR) is 82.0 cm³/mol. The number of carbonyl (C=O) groups excluding carboxylic acids is 1. The molecule has 1 unspecified atom stereocenters. The smallest absolute Gasteiger partial charge is 0.246 e. The van der Waals surface area contributed by atoms with Gasteiger partial charge in [-0.05, 0) is 38.5 Å². The number of amides is 1. The highest BCUT2D eigenvalue weighted by molar-refractivity contribution is 5.88. The molecule has 21 heavy (non-hydrogen) atoms. The van der Waals surface area contributed by atoms with Crippen molar-refractivity contribution in [1.29, 1.82) is 0 Å². The molecule has 1 aromatic heterocycles. The van der Waals surface area contributed by atoms with Gasteiger partial charge in [-0.25, -0.2) is 9.67 Å². The molecule has 1 heterocycles. The molecule has 0 radical (unpaired) electrons. The van der Waals surface area contributed by atoms with E-state index < -0.39 is 0 Å². The number of aromatic nitrogens is 3. The van der Waals surface area contributed by atoms with Gasteiger partial charge >= 0.3 is 0 Å². The van der Waals surface area contributed by atoms with Crippen molar-refractivity contribution in [2.24, 2.45) is 0 Å². The van der Waals surface area contributed by atoms with Crippen LogP contribution in [0.1, 0.15) is 32.4 Å². The Bertz CT molecular complexity index is 625. The summed E-state index contributed by atoms with van der Waals surface area (Å²) in [5.41, 5.74) is 3.03. The first-order valence-electron chi connectivity index (χ1n) is 6.85. The summed E-state index contributed by atoms with van der Waals surface area (Å²) in [7, 11) is 1.82. The standard InChI is InChI=1S/C16H20N4O/c1-12(2)9-16(21)19(4)13(3)14-5-7-15(8-6-14)20-11-17-10-18-20/h5-11,13H,1-4H3. The number of hydrogen-bond acceptors (Lipinski definition) is 3. The molecule has 0 fully saturated rings. The molecule has 2 aromatic rings. The van der Waals surface area contributed by atoms with Crippen molar-refractivity contribution in [2.75, 3.05) is 7.05 Å². The minimum atomic E-state index is 0.0119. The highest BCUT2D eigenvalue weighted by atomic mass is 16.2. The molecule has 0 aliphatic rings. The van der Waals surface area contributed by atoms with Gasteiger partial charge in [0.1, 0.15) is 12.7 Å². The van der Waals surface area contributed by atoms with Gasteiger partial charge in [0.15, 0.2) is 0 Å². The second-order valence-electron chi connectivity index (χ2n) is 5.28. The SMILES string of the molecule is CC(C)=CC(=O)N(C)C(C)c1ccc(-n2cncn2)cc1. The summed E-state index contributed by atoms with van der Waals surface area (Å²) >= 11 is 0. The third kappa shape index (κ3) is 3.56. The van der Waals surface area contributed by atoms with E-state index in [1.165, 1.54) is 6.33 Å². The number of carbonyl (C=O) groups is 1. The highest BCUT2D eigenvalue weighted by Gasteiger charge is 2.15. The lowest BCUT2D eigenvalue weighted by Crippen LogP contribution is -2.28. The van der Waals surface area contributed by atoms with E-state index in [4.69, 9.17) is 0 Å². The molecule has 0 N–H and O–H groups in total. The van der Waals surface area contributed by atoms with Gasteiger partial charge in [0.2, 0.25) is 5.91 Å².